The van der Waals surface area contributed by atoms with E-state index in [1.54, 1.807) is 0 Å². The van der Waals surface area contributed by atoms with Gasteiger partial charge >= 0.3 is 0 Å². The summed E-state index contributed by atoms with van der Waals surface area (Å²) >= 11 is 0. The Morgan fingerprint density at radius 1 is 1.08 bits per heavy atom. The molecule has 1 unspecified atom stereocenters. The molecule has 12 heavy (non-hydrogen) atoms. The van der Waals surface area contributed by atoms with E-state index in [-0.39, 0.29) is 0 Å². The minimum absolute atomic E-state index is 0.386. The summed E-state index contributed by atoms with van der Waals surface area (Å²) in [6.45, 7) is 12.6. The highest BCUT2D eigenvalue weighted by Gasteiger charge is 2.05. The third-order valence-corrected chi connectivity index (χ3v) is 1.53. The maximum absolute atomic E-state index is 5.64. The molecule has 0 spiro atoms. The fourth-order valence-electron chi connectivity index (χ4n) is 1.08. The zero-order chi connectivity index (χ0) is 9.98. The van der Waals surface area contributed by atoms with Crippen LogP contribution in [-0.4, -0.2) is 12.2 Å². The maximum Gasteiger partial charge on any atom is 0.0575 e. The molecule has 0 aliphatic heterocycles. The van der Waals surface area contributed by atoms with Crippen molar-refractivity contribution in [2.75, 3.05) is 0 Å². The van der Waals surface area contributed by atoms with Crippen molar-refractivity contribution in [2.24, 2.45) is 0 Å². The standard InChI is InChI=1S/C9H20O.C2H6/c1-5-7-9(6-2)10-8(3)4;1-2/h8-9H,5-7H2,1-4H3;1-2H3. The molecule has 0 aromatic carbocycles. The first-order valence-electron chi connectivity index (χ1n) is 5.36. The number of rotatable bonds is 5. The van der Waals surface area contributed by atoms with Crippen LogP contribution in [0.4, 0.5) is 0 Å². The molecule has 1 nitrogen and oxygen atoms in total. The first-order valence-corrected chi connectivity index (χ1v) is 5.36. The van der Waals surface area contributed by atoms with Crippen molar-refractivity contribution < 1.29 is 4.74 Å². The van der Waals surface area contributed by atoms with Gasteiger partial charge in [0.25, 0.3) is 0 Å². The average Bonchev–Trinajstić information content (AvgIpc) is 2.07. The summed E-state index contributed by atoms with van der Waals surface area (Å²) in [4.78, 5) is 0. The van der Waals surface area contributed by atoms with Gasteiger partial charge in [-0.05, 0) is 26.7 Å². The fraction of sp³-hybridized carbons (Fsp3) is 1.00. The Bertz CT molecular complexity index is 69.4. The Morgan fingerprint density at radius 2 is 1.58 bits per heavy atom. The van der Waals surface area contributed by atoms with Crippen molar-refractivity contribution in [1.29, 1.82) is 0 Å². The predicted molar refractivity (Wildman–Crippen MR) is 56.6 cm³/mol. The molecule has 0 aliphatic rings. The Labute approximate surface area is 78.5 Å². The van der Waals surface area contributed by atoms with Crippen LogP contribution in [0, 0.1) is 0 Å². The molecule has 0 rings (SSSR count). The maximum atomic E-state index is 5.64. The molecule has 0 aromatic heterocycles. The second kappa shape index (κ2) is 11.0. The van der Waals surface area contributed by atoms with Gasteiger partial charge in [0.05, 0.1) is 12.2 Å². The summed E-state index contributed by atoms with van der Waals surface area (Å²) in [6.07, 6.45) is 4.45. The Balaban J connectivity index is 0. The SMILES string of the molecule is CC.CCCC(CC)OC(C)C. The van der Waals surface area contributed by atoms with Gasteiger partial charge < -0.3 is 4.74 Å². The van der Waals surface area contributed by atoms with E-state index < -0.39 is 0 Å². The molecule has 0 N–H and O–H groups in total. The quantitative estimate of drug-likeness (QED) is 0.611. The van der Waals surface area contributed by atoms with E-state index in [0.29, 0.717) is 12.2 Å². The highest BCUT2D eigenvalue weighted by atomic mass is 16.5. The summed E-state index contributed by atoms with van der Waals surface area (Å²) in [5.74, 6) is 0. The fourth-order valence-corrected chi connectivity index (χ4v) is 1.08. The van der Waals surface area contributed by atoms with E-state index in [4.69, 9.17) is 4.74 Å². The monoisotopic (exact) mass is 174 g/mol. The molecule has 1 heteroatoms. The van der Waals surface area contributed by atoms with Crippen molar-refractivity contribution in [3.05, 3.63) is 0 Å². The van der Waals surface area contributed by atoms with Gasteiger partial charge in [-0.15, -0.1) is 0 Å². The van der Waals surface area contributed by atoms with Crippen LogP contribution in [0.2, 0.25) is 0 Å². The van der Waals surface area contributed by atoms with Crippen LogP contribution in [0.5, 0.6) is 0 Å². The Kier molecular flexibility index (Phi) is 13.2. The molecule has 0 radical (unpaired) electrons. The Morgan fingerprint density at radius 3 is 1.83 bits per heavy atom. The van der Waals surface area contributed by atoms with Crippen molar-refractivity contribution in [3.8, 4) is 0 Å². The molecule has 0 saturated carbocycles. The first-order chi connectivity index (χ1) is 5.70. The summed E-state index contributed by atoms with van der Waals surface area (Å²) in [5.41, 5.74) is 0. The predicted octanol–water partition coefficient (Wildman–Crippen LogP) is 4.02. The van der Waals surface area contributed by atoms with Gasteiger partial charge in [-0.3, -0.25) is 0 Å². The summed E-state index contributed by atoms with van der Waals surface area (Å²) in [5, 5.41) is 0. The summed E-state index contributed by atoms with van der Waals surface area (Å²) in [7, 11) is 0. The number of ether oxygens (including phenoxy) is 1. The molecule has 0 aromatic rings. The van der Waals surface area contributed by atoms with E-state index in [1.807, 2.05) is 13.8 Å². The van der Waals surface area contributed by atoms with Crippen molar-refractivity contribution in [1.82, 2.24) is 0 Å². The third-order valence-electron chi connectivity index (χ3n) is 1.53. The molecule has 0 bridgehead atoms. The normalized spacial score (nSPS) is 12.2. The van der Waals surface area contributed by atoms with Crippen molar-refractivity contribution in [2.45, 2.75) is 73.0 Å². The van der Waals surface area contributed by atoms with Crippen molar-refractivity contribution in [3.63, 3.8) is 0 Å². The summed E-state index contributed by atoms with van der Waals surface area (Å²) in [6, 6.07) is 0. The van der Waals surface area contributed by atoms with Gasteiger partial charge in [0.15, 0.2) is 0 Å². The van der Waals surface area contributed by atoms with Gasteiger partial charge in [-0.25, -0.2) is 0 Å². The highest BCUT2D eigenvalue weighted by molar-refractivity contribution is 4.55. The molecular formula is C11H26O. The average molecular weight is 174 g/mol. The zero-order valence-electron chi connectivity index (χ0n) is 9.68. The van der Waals surface area contributed by atoms with Crippen LogP contribution in [-0.2, 0) is 4.74 Å². The molecule has 76 valence electrons. The lowest BCUT2D eigenvalue weighted by Gasteiger charge is -2.17. The van der Waals surface area contributed by atoms with Gasteiger partial charge in [-0.1, -0.05) is 34.1 Å². The molecular weight excluding hydrogens is 148 g/mol. The van der Waals surface area contributed by atoms with E-state index >= 15 is 0 Å². The number of hydrogen-bond acceptors (Lipinski definition) is 1. The molecule has 0 heterocycles. The lowest BCUT2D eigenvalue weighted by molar-refractivity contribution is 0.00106. The third kappa shape index (κ3) is 9.96. The van der Waals surface area contributed by atoms with Crippen LogP contribution in [0.1, 0.15) is 60.8 Å². The minimum Gasteiger partial charge on any atom is -0.376 e. The second-order valence-corrected chi connectivity index (χ2v) is 3.00. The number of hydrogen-bond donors (Lipinski definition) is 0. The van der Waals surface area contributed by atoms with E-state index in [2.05, 4.69) is 27.7 Å². The van der Waals surface area contributed by atoms with E-state index in [1.165, 1.54) is 12.8 Å². The van der Waals surface area contributed by atoms with Gasteiger partial charge in [-0.2, -0.15) is 0 Å². The lowest BCUT2D eigenvalue weighted by Crippen LogP contribution is -2.16. The highest BCUT2D eigenvalue weighted by Crippen LogP contribution is 2.08. The molecule has 0 fully saturated rings. The zero-order valence-corrected chi connectivity index (χ0v) is 9.68. The first kappa shape index (κ1) is 14.5. The van der Waals surface area contributed by atoms with E-state index in [9.17, 15) is 0 Å². The van der Waals surface area contributed by atoms with E-state index in [0.717, 1.165) is 6.42 Å². The lowest BCUT2D eigenvalue weighted by atomic mass is 10.1. The molecule has 0 aliphatic carbocycles. The summed E-state index contributed by atoms with van der Waals surface area (Å²) < 4.78 is 5.64. The smallest absolute Gasteiger partial charge is 0.0575 e. The van der Waals surface area contributed by atoms with Gasteiger partial charge in [0, 0.05) is 0 Å². The van der Waals surface area contributed by atoms with Gasteiger partial charge in [0.1, 0.15) is 0 Å². The topological polar surface area (TPSA) is 9.23 Å². The van der Waals surface area contributed by atoms with Crippen LogP contribution in [0.15, 0.2) is 0 Å². The minimum atomic E-state index is 0.386. The molecule has 0 saturated heterocycles. The Hall–Kier alpha value is -0.0400. The van der Waals surface area contributed by atoms with Crippen LogP contribution in [0.25, 0.3) is 0 Å². The van der Waals surface area contributed by atoms with Crippen LogP contribution in [0.3, 0.4) is 0 Å². The van der Waals surface area contributed by atoms with Crippen molar-refractivity contribution >= 4 is 0 Å². The van der Waals surface area contributed by atoms with Gasteiger partial charge in [0.2, 0.25) is 0 Å². The largest absolute Gasteiger partial charge is 0.376 e. The van der Waals surface area contributed by atoms with Crippen LogP contribution < -0.4 is 0 Å². The van der Waals surface area contributed by atoms with Crippen LogP contribution >= 0.6 is 0 Å². The molecule has 0 amide bonds. The molecule has 1 atom stereocenters. The second-order valence-electron chi connectivity index (χ2n) is 3.00.